The summed E-state index contributed by atoms with van der Waals surface area (Å²) in [6.45, 7) is 4.38. The highest BCUT2D eigenvalue weighted by Crippen LogP contribution is 2.17. The van der Waals surface area contributed by atoms with E-state index in [0.29, 0.717) is 12.2 Å². The Morgan fingerprint density at radius 3 is 2.52 bits per heavy atom. The maximum Gasteiger partial charge on any atom is 0.308 e. The number of carbonyl (C=O) groups excluding carboxylic acids is 1. The molecule has 1 aliphatic heterocycles. The number of piperazine rings is 1. The highest BCUT2D eigenvalue weighted by Gasteiger charge is 2.26. The van der Waals surface area contributed by atoms with E-state index < -0.39 is 11.9 Å². The zero-order valence-corrected chi connectivity index (χ0v) is 16.2. The van der Waals surface area contributed by atoms with E-state index >= 15 is 0 Å². The fraction of sp³-hybridized carbons (Fsp3) is 0.381. The molecule has 0 radical (unpaired) electrons. The van der Waals surface area contributed by atoms with Crippen molar-refractivity contribution in [3.63, 3.8) is 0 Å². The van der Waals surface area contributed by atoms with Crippen molar-refractivity contribution in [2.75, 3.05) is 38.0 Å². The first kappa shape index (κ1) is 20.8. The van der Waals surface area contributed by atoms with Crippen LogP contribution >= 0.6 is 0 Å². The summed E-state index contributed by atoms with van der Waals surface area (Å²) in [5, 5.41) is 21.7. The molecule has 1 fully saturated rings. The lowest BCUT2D eigenvalue weighted by molar-refractivity contribution is -0.144. The molecular weight excluding hydrogens is 372 g/mol. The number of aliphatic carboxylic acids is 1. The van der Waals surface area contributed by atoms with Crippen LogP contribution in [-0.2, 0) is 16.1 Å². The first-order valence-corrected chi connectivity index (χ1v) is 9.65. The molecule has 8 heteroatoms. The zero-order chi connectivity index (χ0) is 20.6. The van der Waals surface area contributed by atoms with E-state index in [1.165, 1.54) is 12.1 Å². The van der Waals surface area contributed by atoms with Crippen LogP contribution in [0.3, 0.4) is 0 Å². The van der Waals surface area contributed by atoms with Gasteiger partial charge in [-0.2, -0.15) is 0 Å². The van der Waals surface area contributed by atoms with Crippen LogP contribution < -0.4 is 5.32 Å². The van der Waals surface area contributed by atoms with Gasteiger partial charge in [-0.15, -0.1) is 0 Å². The summed E-state index contributed by atoms with van der Waals surface area (Å²) in [6.07, 6.45) is 3.50. The number of phenols is 1. The van der Waals surface area contributed by atoms with Crippen molar-refractivity contribution in [3.8, 4) is 5.75 Å². The molecule has 0 saturated carbocycles. The third-order valence-electron chi connectivity index (χ3n) is 4.98. The normalized spacial score (nSPS) is 16.3. The number of anilines is 1. The van der Waals surface area contributed by atoms with Gasteiger partial charge in [0.1, 0.15) is 5.75 Å². The fourth-order valence-electron chi connectivity index (χ4n) is 3.44. The predicted octanol–water partition coefficient (Wildman–Crippen LogP) is 1.63. The van der Waals surface area contributed by atoms with Gasteiger partial charge in [0.05, 0.1) is 5.92 Å². The predicted molar refractivity (Wildman–Crippen MR) is 108 cm³/mol. The summed E-state index contributed by atoms with van der Waals surface area (Å²) in [7, 11) is 0. The monoisotopic (exact) mass is 398 g/mol. The Labute approximate surface area is 169 Å². The zero-order valence-electron chi connectivity index (χ0n) is 16.2. The molecule has 3 rings (SSSR count). The number of aromatic hydroxyl groups is 1. The fourth-order valence-corrected chi connectivity index (χ4v) is 3.44. The van der Waals surface area contributed by atoms with Crippen LogP contribution in [0.15, 0.2) is 48.8 Å². The van der Waals surface area contributed by atoms with Crippen LogP contribution in [0, 0.1) is 5.92 Å². The van der Waals surface area contributed by atoms with Gasteiger partial charge in [-0.25, -0.2) is 0 Å². The molecule has 2 aromatic rings. The molecule has 1 aliphatic rings. The quantitative estimate of drug-likeness (QED) is 0.621. The number of rotatable bonds is 8. The van der Waals surface area contributed by atoms with Gasteiger partial charge < -0.3 is 15.5 Å². The topological polar surface area (TPSA) is 106 Å². The summed E-state index contributed by atoms with van der Waals surface area (Å²) in [4.78, 5) is 32.5. The Morgan fingerprint density at radius 1 is 1.10 bits per heavy atom. The third-order valence-corrected chi connectivity index (χ3v) is 4.98. The Hall–Kier alpha value is -2.97. The van der Waals surface area contributed by atoms with Crippen LogP contribution in [0.5, 0.6) is 5.75 Å². The SMILES string of the molecule is O=C(C[C@H](CN1CCN(Cc2cccnc2)CC1)C(=O)O)Nc1cccc(O)c1. The van der Waals surface area contributed by atoms with Gasteiger partial charge in [0.15, 0.2) is 0 Å². The molecule has 0 unspecified atom stereocenters. The standard InChI is InChI=1S/C21H26N4O4/c26-19-5-1-4-18(12-19)23-20(27)11-17(21(28)29)15-25-9-7-24(8-10-25)14-16-3-2-6-22-13-16/h1-6,12-13,17,26H,7-11,14-15H2,(H,23,27)(H,28,29)/t17-/m1/s1. The molecule has 1 saturated heterocycles. The van der Waals surface area contributed by atoms with Crippen LogP contribution in [0.4, 0.5) is 5.69 Å². The molecule has 3 N–H and O–H groups in total. The Bertz CT molecular complexity index is 822. The number of carboxylic acid groups (broad SMARTS) is 1. The van der Waals surface area contributed by atoms with Gasteiger partial charge in [0, 0.05) is 69.8 Å². The molecule has 154 valence electrons. The number of hydrogen-bond donors (Lipinski definition) is 3. The summed E-state index contributed by atoms with van der Waals surface area (Å²) >= 11 is 0. The number of hydrogen-bond acceptors (Lipinski definition) is 6. The second-order valence-corrected chi connectivity index (χ2v) is 7.28. The third kappa shape index (κ3) is 6.55. The maximum absolute atomic E-state index is 12.2. The average Bonchev–Trinajstić information content (AvgIpc) is 2.69. The number of nitrogens with zero attached hydrogens (tertiary/aromatic N) is 3. The maximum atomic E-state index is 12.2. The number of nitrogens with one attached hydrogen (secondary N) is 1. The molecule has 0 spiro atoms. The van der Waals surface area contributed by atoms with E-state index in [-0.39, 0.29) is 18.1 Å². The Balaban J connectivity index is 1.47. The number of carboxylic acids is 1. The molecule has 0 bridgehead atoms. The number of phenolic OH excluding ortho intramolecular Hbond substituents is 1. The number of aromatic nitrogens is 1. The lowest BCUT2D eigenvalue weighted by atomic mass is 10.0. The van der Waals surface area contributed by atoms with E-state index in [0.717, 1.165) is 38.3 Å². The summed E-state index contributed by atoms with van der Waals surface area (Å²) in [6, 6.07) is 10.2. The Morgan fingerprint density at radius 2 is 1.86 bits per heavy atom. The number of benzene rings is 1. The minimum absolute atomic E-state index is 0.0433. The largest absolute Gasteiger partial charge is 0.508 e. The molecule has 1 aromatic heterocycles. The molecule has 29 heavy (non-hydrogen) atoms. The van der Waals surface area contributed by atoms with E-state index in [9.17, 15) is 19.8 Å². The van der Waals surface area contributed by atoms with Gasteiger partial charge in [0.25, 0.3) is 0 Å². The van der Waals surface area contributed by atoms with E-state index in [4.69, 9.17) is 0 Å². The Kier molecular flexibility index (Phi) is 7.15. The van der Waals surface area contributed by atoms with E-state index in [1.807, 2.05) is 18.3 Å². The van der Waals surface area contributed by atoms with Crippen molar-refractivity contribution < 1.29 is 19.8 Å². The minimum atomic E-state index is -0.978. The second kappa shape index (κ2) is 9.99. The number of amides is 1. The molecule has 1 aromatic carbocycles. The smallest absolute Gasteiger partial charge is 0.308 e. The minimum Gasteiger partial charge on any atom is -0.508 e. The first-order chi connectivity index (χ1) is 14.0. The van der Waals surface area contributed by atoms with Crippen molar-refractivity contribution in [2.24, 2.45) is 5.92 Å². The van der Waals surface area contributed by atoms with Crippen molar-refractivity contribution in [2.45, 2.75) is 13.0 Å². The number of pyridine rings is 1. The van der Waals surface area contributed by atoms with Crippen LogP contribution in [0.25, 0.3) is 0 Å². The highest BCUT2D eigenvalue weighted by atomic mass is 16.4. The molecule has 1 amide bonds. The van der Waals surface area contributed by atoms with Gasteiger partial charge >= 0.3 is 5.97 Å². The van der Waals surface area contributed by atoms with E-state index in [1.54, 1.807) is 18.3 Å². The molecule has 2 heterocycles. The molecule has 1 atom stereocenters. The van der Waals surface area contributed by atoms with Crippen molar-refractivity contribution in [1.29, 1.82) is 0 Å². The molecule has 0 aliphatic carbocycles. The van der Waals surface area contributed by atoms with Gasteiger partial charge in [-0.1, -0.05) is 12.1 Å². The number of carbonyl (C=O) groups is 2. The van der Waals surface area contributed by atoms with Crippen LogP contribution in [-0.4, -0.2) is 69.6 Å². The second-order valence-electron chi connectivity index (χ2n) is 7.28. The van der Waals surface area contributed by atoms with E-state index in [2.05, 4.69) is 20.1 Å². The first-order valence-electron chi connectivity index (χ1n) is 9.65. The average molecular weight is 398 g/mol. The van der Waals surface area contributed by atoms with Gasteiger partial charge in [-0.05, 0) is 23.8 Å². The van der Waals surface area contributed by atoms with Gasteiger partial charge in [-0.3, -0.25) is 24.4 Å². The van der Waals surface area contributed by atoms with Crippen LogP contribution in [0.1, 0.15) is 12.0 Å². The summed E-state index contributed by atoms with van der Waals surface area (Å²) < 4.78 is 0. The lowest BCUT2D eigenvalue weighted by Gasteiger charge is -2.35. The van der Waals surface area contributed by atoms with Gasteiger partial charge in [0.2, 0.25) is 5.91 Å². The summed E-state index contributed by atoms with van der Waals surface area (Å²) in [5.41, 5.74) is 1.61. The van der Waals surface area contributed by atoms with Crippen molar-refractivity contribution >= 4 is 17.6 Å². The van der Waals surface area contributed by atoms with Crippen LogP contribution in [0.2, 0.25) is 0 Å². The molecule has 8 nitrogen and oxygen atoms in total. The lowest BCUT2D eigenvalue weighted by Crippen LogP contribution is -2.48. The van der Waals surface area contributed by atoms with Crippen molar-refractivity contribution in [1.82, 2.24) is 14.8 Å². The summed E-state index contributed by atoms with van der Waals surface area (Å²) in [5.74, 6) is -2.09. The molecular formula is C21H26N4O4. The van der Waals surface area contributed by atoms with Crippen molar-refractivity contribution in [3.05, 3.63) is 54.4 Å². The highest BCUT2D eigenvalue weighted by molar-refractivity contribution is 5.93.